The largest absolute Gasteiger partial charge is 0.469 e. The zero-order chi connectivity index (χ0) is 14.9. The monoisotopic (exact) mass is 314 g/mol. The zero-order valence-electron chi connectivity index (χ0n) is 11.0. The van der Waals surface area contributed by atoms with Crippen LogP contribution < -0.4 is 0 Å². The number of carbonyl (C=O) groups excluding carboxylic acids is 1. The van der Waals surface area contributed by atoms with Crippen LogP contribution in [0.15, 0.2) is 23.1 Å². The first-order valence-electron chi connectivity index (χ1n) is 5.83. The molecule has 0 saturated heterocycles. The smallest absolute Gasteiger partial charge is 0.307 e. The molecule has 1 aromatic carbocycles. The number of aromatic nitrogens is 2. The molecule has 1 N–H and O–H groups in total. The fourth-order valence-electron chi connectivity index (χ4n) is 1.99. The first-order valence-corrected chi connectivity index (χ1v) is 8.13. The Morgan fingerprint density at radius 2 is 2.15 bits per heavy atom. The fourth-order valence-corrected chi connectivity index (χ4v) is 3.13. The number of hydrogen-bond acceptors (Lipinski definition) is 5. The quantitative estimate of drug-likeness (QED) is 0.686. The van der Waals surface area contributed by atoms with Gasteiger partial charge in [-0.05, 0) is 24.4 Å². The van der Waals surface area contributed by atoms with Gasteiger partial charge in [-0.2, -0.15) is 0 Å². The van der Waals surface area contributed by atoms with Gasteiger partial charge in [-0.1, -0.05) is 6.07 Å². The highest BCUT2D eigenvalue weighted by Crippen LogP contribution is 2.22. The third-order valence-corrected chi connectivity index (χ3v) is 4.40. The van der Waals surface area contributed by atoms with E-state index in [0.717, 1.165) is 6.26 Å². The molecule has 0 bridgehead atoms. The Bertz CT molecular complexity index is 818. The molecule has 0 radical (unpaired) electrons. The predicted molar refractivity (Wildman–Crippen MR) is 76.9 cm³/mol. The summed E-state index contributed by atoms with van der Waals surface area (Å²) in [7, 11) is -2.03. The number of aryl methyl sites for hydroxylation is 1. The number of benzene rings is 1. The molecule has 2 rings (SSSR count). The second-order valence-electron chi connectivity index (χ2n) is 4.33. The third kappa shape index (κ3) is 2.75. The summed E-state index contributed by atoms with van der Waals surface area (Å²) in [5, 5.41) is 0. The number of methoxy groups -OCH3 is 1. The molecule has 0 unspecified atom stereocenters. The summed E-state index contributed by atoms with van der Waals surface area (Å²) >= 11 is 5.18. The van der Waals surface area contributed by atoms with E-state index in [4.69, 9.17) is 12.2 Å². The summed E-state index contributed by atoms with van der Waals surface area (Å²) < 4.78 is 30.1. The zero-order valence-corrected chi connectivity index (χ0v) is 12.7. The molecule has 0 atom stereocenters. The molecule has 1 heterocycles. The summed E-state index contributed by atoms with van der Waals surface area (Å²) in [6, 6.07) is 4.93. The minimum Gasteiger partial charge on any atom is -0.469 e. The van der Waals surface area contributed by atoms with Crippen LogP contribution in [-0.4, -0.2) is 37.3 Å². The molecule has 0 aliphatic rings. The molecular formula is C12H14N2O4S2. The van der Waals surface area contributed by atoms with Crippen LogP contribution >= 0.6 is 12.2 Å². The normalized spacial score (nSPS) is 11.7. The number of imidazole rings is 1. The Morgan fingerprint density at radius 1 is 1.45 bits per heavy atom. The maximum absolute atomic E-state index is 11.7. The van der Waals surface area contributed by atoms with Crippen molar-refractivity contribution >= 4 is 39.1 Å². The summed E-state index contributed by atoms with van der Waals surface area (Å²) in [4.78, 5) is 14.3. The van der Waals surface area contributed by atoms with Crippen molar-refractivity contribution < 1.29 is 17.9 Å². The van der Waals surface area contributed by atoms with Crippen molar-refractivity contribution in [2.45, 2.75) is 17.9 Å². The standard InChI is InChI=1S/C12H14N2O4S2/c1-18-10(15)6-7-14-8-4-3-5-9(20(2,16)17)11(8)13-12(14)19/h3-5H,6-7H2,1-2H3,(H,13,19). The predicted octanol–water partition coefficient (Wildman–Crippen LogP) is 1.67. The van der Waals surface area contributed by atoms with Crippen molar-refractivity contribution in [3.05, 3.63) is 23.0 Å². The van der Waals surface area contributed by atoms with Crippen molar-refractivity contribution in [2.75, 3.05) is 13.4 Å². The van der Waals surface area contributed by atoms with Gasteiger partial charge in [0.25, 0.3) is 0 Å². The van der Waals surface area contributed by atoms with Gasteiger partial charge < -0.3 is 14.3 Å². The van der Waals surface area contributed by atoms with Crippen molar-refractivity contribution in [1.82, 2.24) is 9.55 Å². The molecular weight excluding hydrogens is 300 g/mol. The summed E-state index contributed by atoms with van der Waals surface area (Å²) in [5.74, 6) is -0.347. The van der Waals surface area contributed by atoms with E-state index in [-0.39, 0.29) is 17.3 Å². The number of nitrogens with one attached hydrogen (secondary N) is 1. The molecule has 0 amide bonds. The lowest BCUT2D eigenvalue weighted by Crippen LogP contribution is -2.07. The minimum absolute atomic E-state index is 0.168. The maximum atomic E-state index is 11.7. The van der Waals surface area contributed by atoms with Gasteiger partial charge in [0.15, 0.2) is 14.6 Å². The van der Waals surface area contributed by atoms with Crippen molar-refractivity contribution in [2.24, 2.45) is 0 Å². The topological polar surface area (TPSA) is 81.2 Å². The number of aromatic amines is 1. The van der Waals surface area contributed by atoms with E-state index in [9.17, 15) is 13.2 Å². The molecule has 20 heavy (non-hydrogen) atoms. The van der Waals surface area contributed by atoms with Gasteiger partial charge in [0.05, 0.1) is 29.5 Å². The number of fused-ring (bicyclic) bond motifs is 1. The van der Waals surface area contributed by atoms with Crippen LogP contribution in [0.25, 0.3) is 11.0 Å². The second kappa shape index (κ2) is 5.37. The Hall–Kier alpha value is -1.67. The second-order valence-corrected chi connectivity index (χ2v) is 6.70. The molecule has 0 fully saturated rings. The number of carbonyl (C=O) groups is 1. The van der Waals surface area contributed by atoms with Gasteiger partial charge in [-0.3, -0.25) is 4.79 Å². The molecule has 2 aromatic rings. The Balaban J connectivity index is 2.56. The summed E-state index contributed by atoms with van der Waals surface area (Å²) in [5.41, 5.74) is 1.12. The van der Waals surface area contributed by atoms with Gasteiger partial charge in [0.1, 0.15) is 0 Å². The highest BCUT2D eigenvalue weighted by Gasteiger charge is 2.15. The summed E-state index contributed by atoms with van der Waals surface area (Å²) in [6.45, 7) is 0.332. The van der Waals surface area contributed by atoms with E-state index >= 15 is 0 Å². The van der Waals surface area contributed by atoms with E-state index in [1.807, 2.05) is 0 Å². The Kier molecular flexibility index (Phi) is 3.96. The van der Waals surface area contributed by atoms with E-state index in [1.165, 1.54) is 13.2 Å². The van der Waals surface area contributed by atoms with Crippen LogP contribution in [0.3, 0.4) is 0 Å². The van der Waals surface area contributed by atoms with Gasteiger partial charge in [-0.25, -0.2) is 8.42 Å². The molecule has 6 nitrogen and oxygen atoms in total. The molecule has 0 saturated carbocycles. The SMILES string of the molecule is COC(=O)CCn1c(=S)[nH]c2c(S(C)(=O)=O)cccc21. The van der Waals surface area contributed by atoms with E-state index < -0.39 is 9.84 Å². The molecule has 0 spiro atoms. The van der Waals surface area contributed by atoms with Crippen LogP contribution in [0.1, 0.15) is 6.42 Å². The number of hydrogen-bond donors (Lipinski definition) is 1. The van der Waals surface area contributed by atoms with Gasteiger partial charge in [0.2, 0.25) is 0 Å². The Morgan fingerprint density at radius 3 is 2.75 bits per heavy atom. The highest BCUT2D eigenvalue weighted by atomic mass is 32.2. The Labute approximate surface area is 121 Å². The first kappa shape index (κ1) is 14.7. The average molecular weight is 314 g/mol. The van der Waals surface area contributed by atoms with Crippen molar-refractivity contribution in [3.8, 4) is 0 Å². The van der Waals surface area contributed by atoms with Gasteiger partial charge in [-0.15, -0.1) is 0 Å². The van der Waals surface area contributed by atoms with Crippen LogP contribution in [0, 0.1) is 4.77 Å². The number of rotatable bonds is 4. The highest BCUT2D eigenvalue weighted by molar-refractivity contribution is 7.91. The molecule has 0 aliphatic carbocycles. The van der Waals surface area contributed by atoms with Gasteiger partial charge >= 0.3 is 5.97 Å². The molecule has 0 aliphatic heterocycles. The number of nitrogens with zero attached hydrogens (tertiary/aromatic N) is 1. The fraction of sp³-hybridized carbons (Fsp3) is 0.333. The number of ether oxygens (including phenoxy) is 1. The van der Waals surface area contributed by atoms with E-state index in [2.05, 4.69) is 9.72 Å². The van der Waals surface area contributed by atoms with Crippen molar-refractivity contribution in [3.63, 3.8) is 0 Å². The van der Waals surface area contributed by atoms with Crippen LogP contribution in [0.2, 0.25) is 0 Å². The summed E-state index contributed by atoms with van der Waals surface area (Å²) in [6.07, 6.45) is 1.31. The lowest BCUT2D eigenvalue weighted by Gasteiger charge is -2.04. The average Bonchev–Trinajstić information content (AvgIpc) is 2.70. The third-order valence-electron chi connectivity index (χ3n) is 2.94. The molecule has 108 valence electrons. The molecule has 1 aromatic heterocycles. The van der Waals surface area contributed by atoms with E-state index in [0.29, 0.717) is 22.3 Å². The lowest BCUT2D eigenvalue weighted by molar-refractivity contribution is -0.140. The van der Waals surface area contributed by atoms with E-state index in [1.54, 1.807) is 16.7 Å². The van der Waals surface area contributed by atoms with Crippen LogP contribution in [0.4, 0.5) is 0 Å². The minimum atomic E-state index is -3.35. The van der Waals surface area contributed by atoms with Crippen LogP contribution in [-0.2, 0) is 25.9 Å². The van der Waals surface area contributed by atoms with Gasteiger partial charge in [0, 0.05) is 12.8 Å². The number of sulfone groups is 1. The number of para-hydroxylation sites is 1. The number of H-pyrrole nitrogens is 1. The van der Waals surface area contributed by atoms with Crippen LogP contribution in [0.5, 0.6) is 0 Å². The maximum Gasteiger partial charge on any atom is 0.307 e. The molecule has 8 heteroatoms. The lowest BCUT2D eigenvalue weighted by atomic mass is 10.3. The first-order chi connectivity index (χ1) is 9.34. The van der Waals surface area contributed by atoms with Crippen molar-refractivity contribution in [1.29, 1.82) is 0 Å². The number of esters is 1.